The highest BCUT2D eigenvalue weighted by atomic mass is 19.4. The van der Waals surface area contributed by atoms with Crippen LogP contribution in [0.2, 0.25) is 0 Å². The van der Waals surface area contributed by atoms with E-state index in [2.05, 4.69) is 5.32 Å². The van der Waals surface area contributed by atoms with Gasteiger partial charge in [0.15, 0.2) is 0 Å². The maximum Gasteiger partial charge on any atom is 0.406 e. The van der Waals surface area contributed by atoms with E-state index in [0.717, 1.165) is 0 Å². The molecule has 1 saturated carbocycles. The van der Waals surface area contributed by atoms with Gasteiger partial charge in [-0.15, -0.1) is 0 Å². The van der Waals surface area contributed by atoms with Gasteiger partial charge < -0.3 is 9.52 Å². The second kappa shape index (κ2) is 4.01. The zero-order valence-corrected chi connectivity index (χ0v) is 9.60. The van der Waals surface area contributed by atoms with Gasteiger partial charge in [0.25, 0.3) is 0 Å². The largest absolute Gasteiger partial charge is 0.475 e. The Morgan fingerprint density at radius 3 is 2.56 bits per heavy atom. The number of carboxylic acids is 1. The number of aromatic carboxylic acids is 1. The van der Waals surface area contributed by atoms with Crippen LogP contribution >= 0.6 is 0 Å². The van der Waals surface area contributed by atoms with Gasteiger partial charge in [0.2, 0.25) is 5.76 Å². The Hall–Kier alpha value is -1.50. The Morgan fingerprint density at radius 2 is 2.17 bits per heavy atom. The molecule has 2 N–H and O–H groups in total. The number of rotatable bonds is 4. The number of hydrogen-bond acceptors (Lipinski definition) is 3. The third-order valence-electron chi connectivity index (χ3n) is 3.14. The molecule has 1 heterocycles. The molecule has 7 heteroatoms. The van der Waals surface area contributed by atoms with Gasteiger partial charge in [0.1, 0.15) is 11.3 Å². The lowest BCUT2D eigenvalue weighted by Crippen LogP contribution is -2.44. The zero-order chi connectivity index (χ0) is 13.6. The molecule has 0 spiro atoms. The van der Waals surface area contributed by atoms with Gasteiger partial charge in [-0.2, -0.15) is 13.2 Å². The first-order valence-corrected chi connectivity index (χ1v) is 5.39. The second-order valence-corrected chi connectivity index (χ2v) is 4.43. The highest BCUT2D eigenvalue weighted by Crippen LogP contribution is 2.49. The first-order chi connectivity index (χ1) is 8.25. The van der Waals surface area contributed by atoms with Gasteiger partial charge in [-0.1, -0.05) is 0 Å². The topological polar surface area (TPSA) is 62.5 Å². The number of hydrogen-bond donors (Lipinski definition) is 2. The van der Waals surface area contributed by atoms with E-state index >= 15 is 0 Å². The van der Waals surface area contributed by atoms with E-state index < -0.39 is 17.7 Å². The molecule has 1 aliphatic carbocycles. The summed E-state index contributed by atoms with van der Waals surface area (Å²) in [6.45, 7) is 1.47. The van der Waals surface area contributed by atoms with Crippen LogP contribution in [0.1, 0.15) is 34.7 Å². The number of furan rings is 1. The number of nitrogens with one attached hydrogen (secondary N) is 1. The smallest absolute Gasteiger partial charge is 0.406 e. The summed E-state index contributed by atoms with van der Waals surface area (Å²) < 4.78 is 42.9. The average Bonchev–Trinajstić information content (AvgIpc) is 2.95. The molecule has 1 aromatic rings. The SMILES string of the molecule is Cc1oc(C(=O)O)cc1CNC1(C(F)(F)F)CC1. The van der Waals surface area contributed by atoms with Gasteiger partial charge >= 0.3 is 12.1 Å². The molecule has 0 saturated heterocycles. The molecule has 0 aromatic carbocycles. The van der Waals surface area contributed by atoms with Crippen LogP contribution < -0.4 is 5.32 Å². The third-order valence-corrected chi connectivity index (χ3v) is 3.14. The molecule has 0 amide bonds. The first-order valence-electron chi connectivity index (χ1n) is 5.39. The second-order valence-electron chi connectivity index (χ2n) is 4.43. The van der Waals surface area contributed by atoms with E-state index in [0.29, 0.717) is 11.3 Å². The van der Waals surface area contributed by atoms with Crippen LogP contribution in [0.15, 0.2) is 10.5 Å². The number of halogens is 3. The van der Waals surface area contributed by atoms with Crippen LogP contribution in [0, 0.1) is 6.92 Å². The first kappa shape index (κ1) is 12.9. The van der Waals surface area contributed by atoms with Gasteiger partial charge in [-0.25, -0.2) is 4.79 Å². The van der Waals surface area contributed by atoms with Crippen molar-refractivity contribution >= 4 is 5.97 Å². The molecule has 1 aromatic heterocycles. The van der Waals surface area contributed by atoms with E-state index in [4.69, 9.17) is 9.52 Å². The lowest BCUT2D eigenvalue weighted by Gasteiger charge is -2.20. The van der Waals surface area contributed by atoms with E-state index in [1.807, 2.05) is 0 Å². The minimum absolute atomic E-state index is 0.0534. The van der Waals surface area contributed by atoms with E-state index in [-0.39, 0.29) is 25.1 Å². The molecule has 100 valence electrons. The number of carboxylic acid groups (broad SMARTS) is 1. The molecule has 0 unspecified atom stereocenters. The fourth-order valence-corrected chi connectivity index (χ4v) is 1.75. The zero-order valence-electron chi connectivity index (χ0n) is 9.60. The molecule has 4 nitrogen and oxygen atoms in total. The summed E-state index contributed by atoms with van der Waals surface area (Å²) >= 11 is 0. The molecule has 1 aliphatic rings. The van der Waals surface area contributed by atoms with E-state index in [9.17, 15) is 18.0 Å². The molecule has 0 radical (unpaired) electrons. The van der Waals surface area contributed by atoms with Crippen molar-refractivity contribution in [3.05, 3.63) is 23.2 Å². The fourth-order valence-electron chi connectivity index (χ4n) is 1.75. The van der Waals surface area contributed by atoms with Crippen molar-refractivity contribution in [3.8, 4) is 0 Å². The summed E-state index contributed by atoms with van der Waals surface area (Å²) in [5.74, 6) is -1.18. The normalized spacial score (nSPS) is 17.8. The van der Waals surface area contributed by atoms with Crippen LogP contribution in [-0.4, -0.2) is 22.8 Å². The maximum absolute atomic E-state index is 12.7. The summed E-state index contributed by atoms with van der Waals surface area (Å²) in [6, 6.07) is 1.25. The standard InChI is InChI=1S/C11H12F3NO3/c1-6-7(4-8(18-6)9(16)17)5-15-10(2-3-10)11(12,13)14/h4,15H,2-3,5H2,1H3,(H,16,17). The third kappa shape index (κ3) is 2.22. The summed E-state index contributed by atoms with van der Waals surface area (Å²) in [4.78, 5) is 10.6. The summed E-state index contributed by atoms with van der Waals surface area (Å²) in [5, 5.41) is 11.1. The van der Waals surface area contributed by atoms with Crippen molar-refractivity contribution in [1.29, 1.82) is 0 Å². The Balaban J connectivity index is 2.05. The Bertz CT molecular complexity index is 474. The molecule has 1 fully saturated rings. The highest BCUT2D eigenvalue weighted by molar-refractivity contribution is 5.84. The Labute approximate surface area is 101 Å². The molecule has 2 rings (SSSR count). The van der Waals surface area contributed by atoms with Crippen molar-refractivity contribution in [2.45, 2.75) is 38.0 Å². The maximum atomic E-state index is 12.7. The van der Waals surface area contributed by atoms with E-state index in [1.54, 1.807) is 0 Å². The molecule has 0 bridgehead atoms. The minimum atomic E-state index is -4.28. The van der Waals surface area contributed by atoms with Crippen molar-refractivity contribution in [2.24, 2.45) is 0 Å². The molecule has 0 aliphatic heterocycles. The van der Waals surface area contributed by atoms with Crippen molar-refractivity contribution < 1.29 is 27.5 Å². The van der Waals surface area contributed by atoms with Gasteiger partial charge in [-0.05, 0) is 25.8 Å². The van der Waals surface area contributed by atoms with Gasteiger partial charge in [-0.3, -0.25) is 5.32 Å². The quantitative estimate of drug-likeness (QED) is 0.876. The lowest BCUT2D eigenvalue weighted by atomic mass is 10.2. The van der Waals surface area contributed by atoms with Crippen LogP contribution in [0.3, 0.4) is 0 Å². The van der Waals surface area contributed by atoms with Crippen LogP contribution in [0.25, 0.3) is 0 Å². The summed E-state index contributed by atoms with van der Waals surface area (Å²) in [7, 11) is 0. The Kier molecular flexibility index (Phi) is 2.89. The van der Waals surface area contributed by atoms with Crippen LogP contribution in [0.4, 0.5) is 13.2 Å². The molecular weight excluding hydrogens is 251 g/mol. The van der Waals surface area contributed by atoms with Crippen LogP contribution in [-0.2, 0) is 6.54 Å². The molecule has 0 atom stereocenters. The predicted octanol–water partition coefficient (Wildman–Crippen LogP) is 2.47. The average molecular weight is 263 g/mol. The summed E-state index contributed by atoms with van der Waals surface area (Å²) in [6.07, 6.45) is -4.17. The van der Waals surface area contributed by atoms with Gasteiger partial charge in [0, 0.05) is 12.1 Å². The van der Waals surface area contributed by atoms with Gasteiger partial charge in [0.05, 0.1) is 0 Å². The molecular formula is C11H12F3NO3. The van der Waals surface area contributed by atoms with E-state index in [1.165, 1.54) is 13.0 Å². The van der Waals surface area contributed by atoms with Crippen LogP contribution in [0.5, 0.6) is 0 Å². The minimum Gasteiger partial charge on any atom is -0.475 e. The molecule has 18 heavy (non-hydrogen) atoms. The number of carbonyl (C=O) groups is 1. The van der Waals surface area contributed by atoms with Crippen molar-refractivity contribution in [3.63, 3.8) is 0 Å². The highest BCUT2D eigenvalue weighted by Gasteiger charge is 2.62. The lowest BCUT2D eigenvalue weighted by molar-refractivity contribution is -0.166. The number of aryl methyl sites for hydroxylation is 1. The van der Waals surface area contributed by atoms with Crippen molar-refractivity contribution in [1.82, 2.24) is 5.32 Å². The monoisotopic (exact) mass is 263 g/mol. The summed E-state index contributed by atoms with van der Waals surface area (Å²) in [5.41, 5.74) is -1.37. The fraction of sp³-hybridized carbons (Fsp3) is 0.545. The predicted molar refractivity (Wildman–Crippen MR) is 55.3 cm³/mol. The number of alkyl halides is 3. The Morgan fingerprint density at radius 1 is 1.56 bits per heavy atom. The van der Waals surface area contributed by atoms with Crippen molar-refractivity contribution in [2.75, 3.05) is 0 Å².